The number of benzene rings is 3. The summed E-state index contributed by atoms with van der Waals surface area (Å²) in [7, 11) is 1.63. The summed E-state index contributed by atoms with van der Waals surface area (Å²) >= 11 is 0. The van der Waals surface area contributed by atoms with Crippen LogP contribution in [0.4, 0.5) is 0 Å². The first-order chi connectivity index (χ1) is 12.1. The lowest BCUT2D eigenvalue weighted by Gasteiger charge is -2.04. The first-order valence-corrected chi connectivity index (χ1v) is 7.91. The minimum Gasteiger partial charge on any atom is -0.497 e. The van der Waals surface area contributed by atoms with E-state index in [2.05, 4.69) is 0 Å². The highest BCUT2D eigenvalue weighted by atomic mass is 16.5. The van der Waals surface area contributed by atoms with E-state index in [0.29, 0.717) is 5.56 Å². The van der Waals surface area contributed by atoms with Gasteiger partial charge in [0.1, 0.15) is 17.4 Å². The molecule has 0 aromatic heterocycles. The van der Waals surface area contributed by atoms with Gasteiger partial charge in [-0.1, -0.05) is 42.0 Å². The van der Waals surface area contributed by atoms with Crippen LogP contribution in [0.25, 0.3) is 16.8 Å². The molecule has 0 saturated heterocycles. The van der Waals surface area contributed by atoms with Crippen LogP contribution in [0, 0.1) is 18.3 Å². The molecule has 0 atom stereocenters. The van der Waals surface area contributed by atoms with Crippen LogP contribution in [0.1, 0.15) is 21.5 Å². The molecule has 0 saturated carbocycles. The quantitative estimate of drug-likeness (QED) is 0.387. The number of carbonyl (C=O) groups excluding carboxylic acids is 1. The second-order valence-electron chi connectivity index (χ2n) is 5.84. The molecule has 3 rings (SSSR count). The predicted molar refractivity (Wildman–Crippen MR) is 99.6 cm³/mol. The standard InChI is InChI=1S/C22H17NO2/c1-15-4-3-5-19(10-15)22(24)20(14-23)12-16-6-7-18-13-21(25-2)9-8-17(18)11-16/h3-13H,1-2H3/b20-12+. The summed E-state index contributed by atoms with van der Waals surface area (Å²) in [5.41, 5.74) is 2.45. The fraction of sp³-hybridized carbons (Fsp3) is 0.0909. The summed E-state index contributed by atoms with van der Waals surface area (Å²) in [4.78, 5) is 12.6. The Bertz CT molecular complexity index is 1030. The van der Waals surface area contributed by atoms with Crippen LogP contribution >= 0.6 is 0 Å². The minimum absolute atomic E-state index is 0.124. The molecular formula is C22H17NO2. The number of rotatable bonds is 4. The van der Waals surface area contributed by atoms with Gasteiger partial charge in [-0.25, -0.2) is 0 Å². The van der Waals surface area contributed by atoms with E-state index < -0.39 is 0 Å². The lowest BCUT2D eigenvalue weighted by Crippen LogP contribution is -2.02. The Labute approximate surface area is 146 Å². The van der Waals surface area contributed by atoms with Crippen molar-refractivity contribution in [2.24, 2.45) is 0 Å². The zero-order valence-corrected chi connectivity index (χ0v) is 14.1. The second-order valence-corrected chi connectivity index (χ2v) is 5.84. The van der Waals surface area contributed by atoms with Gasteiger partial charge in [0.2, 0.25) is 5.78 Å². The van der Waals surface area contributed by atoms with E-state index in [-0.39, 0.29) is 11.4 Å². The third-order valence-corrected chi connectivity index (χ3v) is 4.03. The summed E-state index contributed by atoms with van der Waals surface area (Å²) in [6, 6.07) is 20.9. The van der Waals surface area contributed by atoms with Crippen molar-refractivity contribution < 1.29 is 9.53 Å². The number of allylic oxidation sites excluding steroid dienone is 1. The maximum absolute atomic E-state index is 12.6. The maximum atomic E-state index is 12.6. The van der Waals surface area contributed by atoms with E-state index in [1.54, 1.807) is 25.3 Å². The number of ether oxygens (including phenoxy) is 1. The van der Waals surface area contributed by atoms with Crippen molar-refractivity contribution in [3.05, 3.63) is 82.9 Å². The lowest BCUT2D eigenvalue weighted by molar-refractivity contribution is 0.104. The number of Topliss-reactive ketones (excluding diaryl/α,β-unsaturated/α-hetero) is 1. The van der Waals surface area contributed by atoms with Gasteiger partial charge in [0.25, 0.3) is 0 Å². The molecule has 0 heterocycles. The van der Waals surface area contributed by atoms with Gasteiger partial charge in [-0.05, 0) is 53.6 Å². The molecular weight excluding hydrogens is 310 g/mol. The Morgan fingerprint density at radius 2 is 1.80 bits per heavy atom. The highest BCUT2D eigenvalue weighted by molar-refractivity contribution is 6.14. The number of hydrogen-bond acceptors (Lipinski definition) is 3. The van der Waals surface area contributed by atoms with E-state index in [1.165, 1.54) is 0 Å². The average Bonchev–Trinajstić information content (AvgIpc) is 2.65. The highest BCUT2D eigenvalue weighted by Crippen LogP contribution is 2.23. The first-order valence-electron chi connectivity index (χ1n) is 7.91. The molecule has 3 aromatic carbocycles. The summed E-state index contributed by atoms with van der Waals surface area (Å²) < 4.78 is 5.22. The molecule has 25 heavy (non-hydrogen) atoms. The van der Waals surface area contributed by atoms with Crippen LogP contribution < -0.4 is 4.74 Å². The summed E-state index contributed by atoms with van der Waals surface area (Å²) in [6.07, 6.45) is 1.63. The Morgan fingerprint density at radius 3 is 2.52 bits per heavy atom. The lowest BCUT2D eigenvalue weighted by atomic mass is 9.99. The summed E-state index contributed by atoms with van der Waals surface area (Å²) in [5, 5.41) is 11.5. The van der Waals surface area contributed by atoms with Gasteiger partial charge in [-0.2, -0.15) is 5.26 Å². The van der Waals surface area contributed by atoms with Crippen LogP contribution in [0.3, 0.4) is 0 Å². The van der Waals surface area contributed by atoms with Crippen molar-refractivity contribution in [3.8, 4) is 11.8 Å². The number of hydrogen-bond donors (Lipinski definition) is 0. The zero-order valence-electron chi connectivity index (χ0n) is 14.1. The Morgan fingerprint density at radius 1 is 1.04 bits per heavy atom. The van der Waals surface area contributed by atoms with Gasteiger partial charge >= 0.3 is 0 Å². The fourth-order valence-electron chi connectivity index (χ4n) is 2.72. The van der Waals surface area contributed by atoms with Crippen LogP contribution in [-0.2, 0) is 0 Å². The Balaban J connectivity index is 1.98. The van der Waals surface area contributed by atoms with Crippen molar-refractivity contribution >= 4 is 22.6 Å². The molecule has 0 radical (unpaired) electrons. The number of fused-ring (bicyclic) bond motifs is 1. The van der Waals surface area contributed by atoms with Gasteiger partial charge in [0.05, 0.1) is 7.11 Å². The molecule has 0 fully saturated rings. The van der Waals surface area contributed by atoms with Crippen molar-refractivity contribution in [2.45, 2.75) is 6.92 Å². The molecule has 0 unspecified atom stereocenters. The highest BCUT2D eigenvalue weighted by Gasteiger charge is 2.12. The third kappa shape index (κ3) is 3.59. The van der Waals surface area contributed by atoms with Crippen LogP contribution in [-0.4, -0.2) is 12.9 Å². The molecule has 122 valence electrons. The van der Waals surface area contributed by atoms with Crippen molar-refractivity contribution in [3.63, 3.8) is 0 Å². The molecule has 3 nitrogen and oxygen atoms in total. The number of nitriles is 1. The number of methoxy groups -OCH3 is 1. The molecule has 3 aromatic rings. The monoisotopic (exact) mass is 327 g/mol. The summed E-state index contributed by atoms with van der Waals surface area (Å²) in [5.74, 6) is 0.532. The van der Waals surface area contributed by atoms with Crippen LogP contribution in [0.5, 0.6) is 5.75 Å². The van der Waals surface area contributed by atoms with Gasteiger partial charge in [-0.15, -0.1) is 0 Å². The number of ketones is 1. The van der Waals surface area contributed by atoms with Crippen LogP contribution in [0.15, 0.2) is 66.2 Å². The van der Waals surface area contributed by atoms with E-state index in [0.717, 1.165) is 27.6 Å². The smallest absolute Gasteiger partial charge is 0.203 e. The van der Waals surface area contributed by atoms with E-state index in [4.69, 9.17) is 4.74 Å². The topological polar surface area (TPSA) is 50.1 Å². The van der Waals surface area contributed by atoms with E-state index >= 15 is 0 Å². The average molecular weight is 327 g/mol. The molecule has 0 aliphatic carbocycles. The van der Waals surface area contributed by atoms with E-state index in [9.17, 15) is 10.1 Å². The molecule has 3 heteroatoms. The van der Waals surface area contributed by atoms with Gasteiger partial charge in [0, 0.05) is 5.56 Å². The van der Waals surface area contributed by atoms with Gasteiger partial charge in [0.15, 0.2) is 0 Å². The second kappa shape index (κ2) is 7.02. The van der Waals surface area contributed by atoms with Crippen LogP contribution in [0.2, 0.25) is 0 Å². The molecule has 0 N–H and O–H groups in total. The molecule has 0 aliphatic heterocycles. The molecule has 0 bridgehead atoms. The zero-order chi connectivity index (χ0) is 17.8. The predicted octanol–water partition coefficient (Wildman–Crippen LogP) is 4.95. The van der Waals surface area contributed by atoms with Crippen molar-refractivity contribution in [1.29, 1.82) is 5.26 Å². The van der Waals surface area contributed by atoms with E-state index in [1.807, 2.05) is 61.5 Å². The largest absolute Gasteiger partial charge is 0.497 e. The Hall–Kier alpha value is -3.38. The van der Waals surface area contributed by atoms with Crippen molar-refractivity contribution in [1.82, 2.24) is 0 Å². The fourth-order valence-corrected chi connectivity index (χ4v) is 2.72. The molecule has 0 aliphatic rings. The first kappa shape index (κ1) is 16.5. The molecule has 0 spiro atoms. The minimum atomic E-state index is -0.263. The number of nitrogens with zero attached hydrogens (tertiary/aromatic N) is 1. The normalized spacial score (nSPS) is 11.2. The molecule has 0 amide bonds. The number of aryl methyl sites for hydroxylation is 1. The summed E-state index contributed by atoms with van der Waals surface area (Å²) in [6.45, 7) is 1.92. The SMILES string of the molecule is COc1ccc2cc(/C=C(\C#N)C(=O)c3cccc(C)c3)ccc2c1. The van der Waals surface area contributed by atoms with Crippen molar-refractivity contribution in [2.75, 3.05) is 7.11 Å². The number of carbonyl (C=O) groups is 1. The van der Waals surface area contributed by atoms with Gasteiger partial charge in [-0.3, -0.25) is 4.79 Å². The Kier molecular flexibility index (Phi) is 4.63. The van der Waals surface area contributed by atoms with Gasteiger partial charge < -0.3 is 4.74 Å². The maximum Gasteiger partial charge on any atom is 0.203 e. The third-order valence-electron chi connectivity index (χ3n) is 4.03.